The van der Waals surface area contributed by atoms with Gasteiger partial charge in [0.25, 0.3) is 11.8 Å². The van der Waals surface area contributed by atoms with Crippen LogP contribution in [0.25, 0.3) is 17.3 Å². The average molecular weight is 1150 g/mol. The Morgan fingerprint density at radius 3 is 2.18 bits per heavy atom. The molecule has 5 N–H and O–H groups in total. The molecule has 20 nitrogen and oxygen atoms in total. The molecule has 6 amide bonds. The van der Waals surface area contributed by atoms with Gasteiger partial charge in [-0.2, -0.15) is 0 Å². The van der Waals surface area contributed by atoms with E-state index in [1.54, 1.807) is 50.2 Å². The van der Waals surface area contributed by atoms with Crippen molar-refractivity contribution in [1.82, 2.24) is 35.7 Å². The molecule has 2 aromatic carbocycles. The molecule has 2 aliphatic carbocycles. The first-order valence-electron chi connectivity index (χ1n) is 29.0. The largest absolute Gasteiger partial charge is 0.495 e. The molecule has 0 bridgehead atoms. The SMILES string of the molecule is CN[C@@H](C)C(=O)N[C@H](C(=O)N1CCC[C@H]1C(=O)Nc1sc(NC(=O)COCCOCCOCCOCCN(C)C(=O)Cc2cccc(CNC(=O)c3cc(/C=C/C4CCCCC4)c(OC)cn3)c2)nc1-c1ccccc1)C1CCCCC1. The molecular formula is C61H83N9O11S. The monoisotopic (exact) mass is 1150 g/mol. The van der Waals surface area contributed by atoms with Crippen LogP contribution < -0.4 is 31.3 Å². The van der Waals surface area contributed by atoms with Gasteiger partial charge in [0.2, 0.25) is 23.6 Å². The van der Waals surface area contributed by atoms with E-state index in [9.17, 15) is 28.8 Å². The third-order valence-corrected chi connectivity index (χ3v) is 16.1. The number of ether oxygens (including phenoxy) is 5. The number of benzene rings is 2. The lowest BCUT2D eigenvalue weighted by Gasteiger charge is -2.35. The number of amides is 6. The van der Waals surface area contributed by atoms with Crippen LogP contribution in [0.1, 0.15) is 111 Å². The molecule has 0 spiro atoms. The summed E-state index contributed by atoms with van der Waals surface area (Å²) in [6.45, 7) is 4.70. The second kappa shape index (κ2) is 33.5. The molecule has 21 heteroatoms. The van der Waals surface area contributed by atoms with Crippen molar-refractivity contribution >= 4 is 63.0 Å². The number of thiazole rings is 1. The summed E-state index contributed by atoms with van der Waals surface area (Å²) in [7, 11) is 5.04. The van der Waals surface area contributed by atoms with Gasteiger partial charge in [0.05, 0.1) is 72.0 Å². The Morgan fingerprint density at radius 2 is 1.48 bits per heavy atom. The summed E-state index contributed by atoms with van der Waals surface area (Å²) in [6.07, 6.45) is 18.1. The average Bonchev–Trinajstić information content (AvgIpc) is 4.27. The van der Waals surface area contributed by atoms with Crippen LogP contribution in [0, 0.1) is 11.8 Å². The maximum atomic E-state index is 14.3. The van der Waals surface area contributed by atoms with Gasteiger partial charge >= 0.3 is 0 Å². The van der Waals surface area contributed by atoms with Gasteiger partial charge in [0.1, 0.15) is 40.8 Å². The standard InChI is InChI=1S/C61H83N9O11S/c1-42(62-2)56(73)66-55(47-22-12-7-13-23-47)60(76)70-27-15-24-50(70)58(75)68-59-54(46-20-10-6-11-21-46)67-61(82-59)65-52(71)41-81-35-34-80-33-32-79-31-30-78-29-28-69(3)53(72)37-44-18-14-19-45(36-44)39-64-57(74)49-38-48(51(77-4)40-63-49)26-25-43-16-8-5-9-17-43/h6,10-11,14,18-21,25-26,36,38,40,42-43,47,50,55,62H,5,7-9,12-13,15-17,22-24,27-35,37,39,41H2,1-4H3,(H,64,74)(H,66,73)(H,68,75)(H,65,67,71)/b26-25+/t42-,50-,55-/m0/s1. The Kier molecular flexibility index (Phi) is 25.7. The molecule has 0 unspecified atom stereocenters. The zero-order valence-corrected chi connectivity index (χ0v) is 48.9. The number of rotatable bonds is 31. The second-order valence-corrected chi connectivity index (χ2v) is 22.1. The van der Waals surface area contributed by atoms with Crippen molar-refractivity contribution in [2.75, 3.05) is 97.8 Å². The number of anilines is 2. The highest BCUT2D eigenvalue weighted by Crippen LogP contribution is 2.37. The van der Waals surface area contributed by atoms with Crippen LogP contribution in [0.15, 0.2) is 72.9 Å². The zero-order chi connectivity index (χ0) is 58.1. The molecule has 1 saturated heterocycles. The summed E-state index contributed by atoms with van der Waals surface area (Å²) >= 11 is 1.12. The first-order chi connectivity index (χ1) is 39.9. The van der Waals surface area contributed by atoms with E-state index in [2.05, 4.69) is 42.6 Å². The van der Waals surface area contributed by atoms with E-state index in [1.165, 1.54) is 32.1 Å². The molecule has 3 heterocycles. The van der Waals surface area contributed by atoms with Gasteiger partial charge < -0.3 is 54.8 Å². The van der Waals surface area contributed by atoms with E-state index in [-0.39, 0.29) is 73.4 Å². The second-order valence-electron chi connectivity index (χ2n) is 21.1. The van der Waals surface area contributed by atoms with Gasteiger partial charge in [-0.1, -0.05) is 117 Å². The van der Waals surface area contributed by atoms with Crippen molar-refractivity contribution in [3.63, 3.8) is 0 Å². The number of hydrogen-bond donors (Lipinski definition) is 5. The maximum Gasteiger partial charge on any atom is 0.270 e. The molecule has 2 aromatic heterocycles. The summed E-state index contributed by atoms with van der Waals surface area (Å²) in [5.74, 6) is -0.458. The smallest absolute Gasteiger partial charge is 0.270 e. The highest BCUT2D eigenvalue weighted by molar-refractivity contribution is 7.20. The Morgan fingerprint density at radius 1 is 0.793 bits per heavy atom. The summed E-state index contributed by atoms with van der Waals surface area (Å²) in [4.78, 5) is 92.8. The highest BCUT2D eigenvalue weighted by Gasteiger charge is 2.41. The molecular weight excluding hydrogens is 1070 g/mol. The van der Waals surface area contributed by atoms with Gasteiger partial charge in [-0.3, -0.25) is 34.1 Å². The number of likely N-dealkylation sites (tertiary alicyclic amines) is 1. The first kappa shape index (κ1) is 63.0. The summed E-state index contributed by atoms with van der Waals surface area (Å²) in [5.41, 5.74) is 4.06. The Bertz CT molecular complexity index is 2730. The molecule has 4 aromatic rings. The molecule has 2 saturated carbocycles. The minimum absolute atomic E-state index is 0.00363. The summed E-state index contributed by atoms with van der Waals surface area (Å²) in [6, 6.07) is 16.8. The van der Waals surface area contributed by atoms with Gasteiger partial charge in [0, 0.05) is 37.8 Å². The van der Waals surface area contributed by atoms with Crippen LogP contribution in [0.4, 0.5) is 10.1 Å². The number of nitrogens with one attached hydrogen (secondary N) is 5. The zero-order valence-electron chi connectivity index (χ0n) is 48.1. The lowest BCUT2D eigenvalue weighted by atomic mass is 9.83. The van der Waals surface area contributed by atoms with Crippen molar-refractivity contribution in [2.45, 2.75) is 115 Å². The number of aromatic nitrogens is 2. The maximum absolute atomic E-state index is 14.3. The molecule has 0 radical (unpaired) electrons. The number of likely N-dealkylation sites (N-methyl/N-ethyl adjacent to an activating group) is 2. The minimum atomic E-state index is -0.738. The minimum Gasteiger partial charge on any atom is -0.495 e. The number of carbonyl (C=O) groups is 6. The lowest BCUT2D eigenvalue weighted by Crippen LogP contribution is -2.57. The van der Waals surface area contributed by atoms with Gasteiger partial charge in [-0.15, -0.1) is 0 Å². The number of methoxy groups -OCH3 is 1. The molecule has 3 aliphatic rings. The van der Waals surface area contributed by atoms with Gasteiger partial charge in [-0.25, -0.2) is 9.97 Å². The third-order valence-electron chi connectivity index (χ3n) is 15.2. The lowest BCUT2D eigenvalue weighted by molar-refractivity contribution is -0.142. The Balaban J connectivity index is 0.746. The summed E-state index contributed by atoms with van der Waals surface area (Å²) < 4.78 is 28.0. The van der Waals surface area contributed by atoms with E-state index < -0.39 is 24.0 Å². The predicted octanol–water partition coefficient (Wildman–Crippen LogP) is 7.05. The van der Waals surface area contributed by atoms with Gasteiger partial charge in [-0.05, 0) is 81.5 Å². The number of pyridine rings is 1. The molecule has 7 rings (SSSR count). The molecule has 3 atom stereocenters. The molecule has 1 aliphatic heterocycles. The van der Waals surface area contributed by atoms with E-state index in [4.69, 9.17) is 23.7 Å². The fourth-order valence-electron chi connectivity index (χ4n) is 10.4. The van der Waals surface area contributed by atoms with Crippen molar-refractivity contribution in [3.8, 4) is 17.0 Å². The fraction of sp³-hybridized carbons (Fsp3) is 0.541. The van der Waals surface area contributed by atoms with E-state index in [0.29, 0.717) is 87.0 Å². The van der Waals surface area contributed by atoms with Crippen LogP contribution in [0.5, 0.6) is 5.75 Å². The number of hydrogen-bond acceptors (Lipinski definition) is 15. The predicted molar refractivity (Wildman–Crippen MR) is 315 cm³/mol. The van der Waals surface area contributed by atoms with Gasteiger partial charge in [0.15, 0.2) is 5.13 Å². The molecule has 82 heavy (non-hydrogen) atoms. The van der Waals surface area contributed by atoms with Crippen molar-refractivity contribution < 1.29 is 52.5 Å². The normalized spacial score (nSPS) is 16.6. The van der Waals surface area contributed by atoms with Crippen molar-refractivity contribution in [1.29, 1.82) is 0 Å². The van der Waals surface area contributed by atoms with E-state index in [0.717, 1.165) is 65.7 Å². The van der Waals surface area contributed by atoms with E-state index in [1.807, 2.05) is 60.7 Å². The summed E-state index contributed by atoms with van der Waals surface area (Å²) in [5, 5.41) is 15.4. The molecule has 444 valence electrons. The van der Waals surface area contributed by atoms with Crippen LogP contribution in [0.3, 0.4) is 0 Å². The van der Waals surface area contributed by atoms with E-state index >= 15 is 0 Å². The Hall–Kier alpha value is -6.62. The Labute approximate surface area is 486 Å². The van der Waals surface area contributed by atoms with Crippen molar-refractivity contribution in [2.24, 2.45) is 11.8 Å². The van der Waals surface area contributed by atoms with Crippen molar-refractivity contribution in [3.05, 3.63) is 95.3 Å². The third kappa shape index (κ3) is 19.5. The van der Waals surface area contributed by atoms with Crippen LogP contribution >= 0.6 is 11.3 Å². The van der Waals surface area contributed by atoms with Crippen LogP contribution in [-0.4, -0.2) is 160 Å². The van der Waals surface area contributed by atoms with Crippen LogP contribution in [0.2, 0.25) is 0 Å². The number of allylic oxidation sites excluding steroid dienone is 1. The topological polar surface area (TPSA) is 241 Å². The number of nitrogens with zero attached hydrogens (tertiary/aromatic N) is 4. The fourth-order valence-corrected chi connectivity index (χ4v) is 11.3. The first-order valence-corrected chi connectivity index (χ1v) is 29.8. The molecule has 3 fully saturated rings. The van der Waals surface area contributed by atoms with Crippen LogP contribution in [-0.2, 0) is 55.9 Å². The highest BCUT2D eigenvalue weighted by atomic mass is 32.1. The quantitative estimate of drug-likeness (QED) is 0.0318. The number of carbonyl (C=O) groups excluding carboxylic acids is 6.